The Balaban J connectivity index is 1.41. The highest BCUT2D eigenvalue weighted by Gasteiger charge is 2.53. The van der Waals surface area contributed by atoms with Crippen LogP contribution in [-0.4, -0.2) is 34.8 Å². The van der Waals surface area contributed by atoms with E-state index in [1.165, 1.54) is 12.1 Å². The minimum atomic E-state index is -0.476. The minimum absolute atomic E-state index is 0.0455. The van der Waals surface area contributed by atoms with Crippen molar-refractivity contribution in [3.63, 3.8) is 0 Å². The van der Waals surface area contributed by atoms with E-state index < -0.39 is 5.41 Å². The second-order valence-electron chi connectivity index (χ2n) is 9.60. The maximum absolute atomic E-state index is 13.3. The Morgan fingerprint density at radius 2 is 1.76 bits per heavy atom. The lowest BCUT2D eigenvalue weighted by Gasteiger charge is -2.51. The van der Waals surface area contributed by atoms with Crippen molar-refractivity contribution in [1.82, 2.24) is 10.2 Å². The third kappa shape index (κ3) is 4.72. The Morgan fingerprint density at radius 3 is 2.36 bits per heavy atom. The van der Waals surface area contributed by atoms with Gasteiger partial charge in [-0.25, -0.2) is 4.39 Å². The summed E-state index contributed by atoms with van der Waals surface area (Å²) in [6.07, 6.45) is 1.86. The molecule has 0 radical (unpaired) electrons. The number of thioether (sulfide) groups is 1. The fraction of sp³-hybridized carbons (Fsp3) is 0.407. The number of amidine groups is 1. The van der Waals surface area contributed by atoms with E-state index in [0.717, 1.165) is 42.8 Å². The van der Waals surface area contributed by atoms with Gasteiger partial charge in [-0.05, 0) is 55.4 Å². The van der Waals surface area contributed by atoms with Crippen LogP contribution in [0, 0.1) is 16.6 Å². The van der Waals surface area contributed by atoms with E-state index in [9.17, 15) is 9.18 Å². The lowest BCUT2D eigenvalue weighted by Crippen LogP contribution is -2.58. The SMILES string of the molecule is C=C(c1ccccc1)N1CCC(C)(C2(C)CSC(=N[C@@H](C)c3ccc(F)cc3)NC2=O)CC1. The number of aliphatic imine (C=N–C) groups is 1. The summed E-state index contributed by atoms with van der Waals surface area (Å²) in [5.74, 6) is 0.481. The molecule has 2 aromatic rings. The van der Waals surface area contributed by atoms with Crippen LogP contribution in [0.15, 0.2) is 66.2 Å². The largest absolute Gasteiger partial charge is 0.371 e. The first-order valence-corrected chi connectivity index (χ1v) is 12.5. The molecule has 4 rings (SSSR count). The molecular weight excluding hydrogens is 433 g/mol. The van der Waals surface area contributed by atoms with E-state index in [2.05, 4.69) is 42.8 Å². The molecule has 1 N–H and O–H groups in total. The number of benzene rings is 2. The Bertz CT molecular complexity index is 1040. The molecular formula is C27H32FN3OS. The first kappa shape index (κ1) is 23.6. The van der Waals surface area contributed by atoms with Crippen molar-refractivity contribution in [2.45, 2.75) is 39.7 Å². The molecule has 1 amide bonds. The Kier molecular flexibility index (Phi) is 6.66. The first-order valence-electron chi connectivity index (χ1n) is 11.5. The third-order valence-corrected chi connectivity index (χ3v) is 8.77. The molecule has 2 saturated heterocycles. The monoisotopic (exact) mass is 465 g/mol. The van der Waals surface area contributed by atoms with Crippen molar-refractivity contribution < 1.29 is 9.18 Å². The van der Waals surface area contributed by atoms with Gasteiger partial charge in [-0.15, -0.1) is 0 Å². The third-order valence-electron chi connectivity index (χ3n) is 7.57. The number of amides is 1. The average Bonchev–Trinajstić information content (AvgIpc) is 2.82. The number of hydrogen-bond donors (Lipinski definition) is 1. The van der Waals surface area contributed by atoms with E-state index >= 15 is 0 Å². The maximum Gasteiger partial charge on any atom is 0.233 e. The fourth-order valence-corrected chi connectivity index (χ4v) is 6.00. The van der Waals surface area contributed by atoms with E-state index in [0.29, 0.717) is 10.9 Å². The van der Waals surface area contributed by atoms with Gasteiger partial charge in [0.05, 0.1) is 11.5 Å². The highest BCUT2D eigenvalue weighted by atomic mass is 32.2. The molecule has 2 fully saturated rings. The summed E-state index contributed by atoms with van der Waals surface area (Å²) >= 11 is 1.61. The topological polar surface area (TPSA) is 44.7 Å². The van der Waals surface area contributed by atoms with Crippen LogP contribution in [-0.2, 0) is 4.79 Å². The van der Waals surface area contributed by atoms with Crippen molar-refractivity contribution in [2.75, 3.05) is 18.8 Å². The molecule has 0 aromatic heterocycles. The summed E-state index contributed by atoms with van der Waals surface area (Å²) in [7, 11) is 0. The number of rotatable bonds is 5. The van der Waals surface area contributed by atoms with Gasteiger partial charge < -0.3 is 10.2 Å². The number of likely N-dealkylation sites (tertiary alicyclic amines) is 1. The van der Waals surface area contributed by atoms with Gasteiger partial charge in [-0.1, -0.05) is 67.7 Å². The minimum Gasteiger partial charge on any atom is -0.371 e. The number of carbonyl (C=O) groups excluding carboxylic acids is 1. The molecule has 4 nitrogen and oxygen atoms in total. The van der Waals surface area contributed by atoms with Crippen LogP contribution >= 0.6 is 11.8 Å². The molecule has 0 spiro atoms. The van der Waals surface area contributed by atoms with Crippen LogP contribution in [0.25, 0.3) is 5.70 Å². The normalized spacial score (nSPS) is 24.9. The van der Waals surface area contributed by atoms with E-state index in [4.69, 9.17) is 4.99 Å². The smallest absolute Gasteiger partial charge is 0.233 e. The second kappa shape index (κ2) is 9.34. The zero-order valence-electron chi connectivity index (χ0n) is 19.6. The molecule has 174 valence electrons. The Hall–Kier alpha value is -2.60. The van der Waals surface area contributed by atoms with Crippen molar-refractivity contribution >= 4 is 28.5 Å². The second-order valence-corrected chi connectivity index (χ2v) is 10.6. The Labute approximate surface area is 200 Å². The molecule has 2 aliphatic rings. The fourth-order valence-electron chi connectivity index (χ4n) is 4.69. The van der Waals surface area contributed by atoms with Gasteiger partial charge in [0.2, 0.25) is 5.91 Å². The number of nitrogens with zero attached hydrogens (tertiary/aromatic N) is 2. The van der Waals surface area contributed by atoms with Crippen molar-refractivity contribution in [2.24, 2.45) is 15.8 Å². The molecule has 0 aliphatic carbocycles. The first-order chi connectivity index (χ1) is 15.7. The predicted molar refractivity (Wildman–Crippen MR) is 135 cm³/mol. The summed E-state index contributed by atoms with van der Waals surface area (Å²) in [5, 5.41) is 3.72. The number of nitrogens with one attached hydrogen (secondary N) is 1. The van der Waals surface area contributed by atoms with Gasteiger partial charge in [0.1, 0.15) is 5.82 Å². The van der Waals surface area contributed by atoms with Crippen LogP contribution in [0.5, 0.6) is 0 Å². The molecule has 2 aromatic carbocycles. The summed E-state index contributed by atoms with van der Waals surface area (Å²) < 4.78 is 13.2. The predicted octanol–water partition coefficient (Wildman–Crippen LogP) is 5.89. The summed E-state index contributed by atoms with van der Waals surface area (Å²) in [5.41, 5.74) is 2.54. The zero-order valence-corrected chi connectivity index (χ0v) is 20.4. The highest BCUT2D eigenvalue weighted by molar-refractivity contribution is 8.14. The number of piperidine rings is 1. The molecule has 2 aliphatic heterocycles. The van der Waals surface area contributed by atoms with Gasteiger partial charge in [0.25, 0.3) is 0 Å². The van der Waals surface area contributed by atoms with Crippen molar-refractivity contribution in [3.8, 4) is 0 Å². The van der Waals surface area contributed by atoms with E-state index in [1.54, 1.807) is 23.9 Å². The Morgan fingerprint density at radius 1 is 1.12 bits per heavy atom. The van der Waals surface area contributed by atoms with Crippen molar-refractivity contribution in [1.29, 1.82) is 0 Å². The number of carbonyl (C=O) groups is 1. The zero-order chi connectivity index (χ0) is 23.6. The van der Waals surface area contributed by atoms with E-state index in [-0.39, 0.29) is 23.2 Å². The quantitative estimate of drug-likeness (QED) is 0.599. The molecule has 2 heterocycles. The van der Waals surface area contributed by atoms with Crippen LogP contribution < -0.4 is 5.32 Å². The summed E-state index contributed by atoms with van der Waals surface area (Å²) in [6.45, 7) is 12.4. The lowest BCUT2D eigenvalue weighted by molar-refractivity contribution is -0.136. The standard InChI is InChI=1S/C27H32FN3OS/c1-19(21-10-12-23(28)13-11-21)29-25-30-24(32)27(4,18-33-25)26(3)14-16-31(17-15-26)20(2)22-8-6-5-7-9-22/h5-13,19H,2,14-18H2,1,3-4H3,(H,29,30,32)/t19-,27?/m0/s1. The van der Waals surface area contributed by atoms with Gasteiger partial charge in [-0.2, -0.15) is 0 Å². The maximum atomic E-state index is 13.3. The molecule has 1 unspecified atom stereocenters. The van der Waals surface area contributed by atoms with Gasteiger partial charge in [-0.3, -0.25) is 9.79 Å². The number of hydrogen-bond acceptors (Lipinski definition) is 4. The molecule has 0 saturated carbocycles. The van der Waals surface area contributed by atoms with Crippen molar-refractivity contribution in [3.05, 3.63) is 78.1 Å². The van der Waals surface area contributed by atoms with Gasteiger partial charge >= 0.3 is 0 Å². The van der Waals surface area contributed by atoms with Crippen LogP contribution in [0.4, 0.5) is 4.39 Å². The summed E-state index contributed by atoms with van der Waals surface area (Å²) in [6, 6.07) is 16.5. The molecule has 6 heteroatoms. The van der Waals surface area contributed by atoms with E-state index in [1.807, 2.05) is 25.1 Å². The number of halogens is 1. The summed E-state index contributed by atoms with van der Waals surface area (Å²) in [4.78, 5) is 20.4. The average molecular weight is 466 g/mol. The lowest BCUT2D eigenvalue weighted by atomic mass is 9.61. The molecule has 2 atom stereocenters. The van der Waals surface area contributed by atoms with Gasteiger partial charge in [0, 0.05) is 24.5 Å². The van der Waals surface area contributed by atoms with Crippen LogP contribution in [0.1, 0.15) is 50.8 Å². The van der Waals surface area contributed by atoms with Crippen LogP contribution in [0.3, 0.4) is 0 Å². The highest BCUT2D eigenvalue weighted by Crippen LogP contribution is 2.51. The van der Waals surface area contributed by atoms with Gasteiger partial charge in [0.15, 0.2) is 5.17 Å². The molecule has 33 heavy (non-hydrogen) atoms. The molecule has 0 bridgehead atoms. The van der Waals surface area contributed by atoms with Crippen LogP contribution in [0.2, 0.25) is 0 Å².